The highest BCUT2D eigenvalue weighted by molar-refractivity contribution is 7.99. The van der Waals surface area contributed by atoms with Crippen LogP contribution in [0.4, 0.5) is 5.69 Å². The molecule has 13 heteroatoms. The van der Waals surface area contributed by atoms with E-state index in [1.165, 1.54) is 42.2 Å². The molecule has 10 nitrogen and oxygen atoms in total. The molecule has 3 aromatic carbocycles. The number of hydrogen-bond donors (Lipinski definition) is 1. The first kappa shape index (κ1) is 26.3. The van der Waals surface area contributed by atoms with Crippen molar-refractivity contribution in [3.8, 4) is 11.4 Å². The summed E-state index contributed by atoms with van der Waals surface area (Å²) < 4.78 is 27.0. The Morgan fingerprint density at radius 3 is 2.57 bits per heavy atom. The second-order valence-corrected chi connectivity index (χ2v) is 10.9. The molecule has 0 spiro atoms. The van der Waals surface area contributed by atoms with Crippen molar-refractivity contribution >= 4 is 45.3 Å². The number of aryl methyl sites for hydroxylation is 1. The molecule has 0 saturated heterocycles. The third kappa shape index (κ3) is 6.16. The largest absolute Gasteiger partial charge is 0.302 e. The number of halogens is 1. The standard InChI is InChI=1S/C24H21ClN6O4S2/c1-3-30-23(17-5-4-6-19(25)13-17)27-28-24(30)36-22-12-9-20(31(32)33)14-18(22)15-26-29-37(34,35)21-10-7-16(2)8-11-21/h4-15,29H,3H2,1-2H3/b26-15-. The summed E-state index contributed by atoms with van der Waals surface area (Å²) in [7, 11) is -3.91. The minimum absolute atomic E-state index is 0.0495. The van der Waals surface area contributed by atoms with Crippen LogP contribution in [-0.4, -0.2) is 34.3 Å². The summed E-state index contributed by atoms with van der Waals surface area (Å²) in [6.07, 6.45) is 1.23. The number of hydrogen-bond acceptors (Lipinski definition) is 8. The molecule has 4 aromatic rings. The fraction of sp³-hybridized carbons (Fsp3) is 0.125. The molecule has 1 N–H and O–H groups in total. The molecule has 0 radical (unpaired) electrons. The van der Waals surface area contributed by atoms with Gasteiger partial charge in [-0.05, 0) is 55.9 Å². The van der Waals surface area contributed by atoms with Gasteiger partial charge in [-0.2, -0.15) is 13.5 Å². The van der Waals surface area contributed by atoms with Gasteiger partial charge in [0.25, 0.3) is 15.7 Å². The summed E-state index contributed by atoms with van der Waals surface area (Å²) in [5.74, 6) is 0.621. The van der Waals surface area contributed by atoms with Gasteiger partial charge in [-0.15, -0.1) is 10.2 Å². The summed E-state index contributed by atoms with van der Waals surface area (Å²) >= 11 is 7.36. The second kappa shape index (κ2) is 11.1. The lowest BCUT2D eigenvalue weighted by Gasteiger charge is -2.09. The van der Waals surface area contributed by atoms with Crippen LogP contribution in [0.1, 0.15) is 18.1 Å². The van der Waals surface area contributed by atoms with Crippen molar-refractivity contribution < 1.29 is 13.3 Å². The van der Waals surface area contributed by atoms with E-state index in [4.69, 9.17) is 11.6 Å². The quantitative estimate of drug-likeness (QED) is 0.168. The second-order valence-electron chi connectivity index (χ2n) is 7.81. The average Bonchev–Trinajstić information content (AvgIpc) is 3.27. The molecule has 0 aliphatic rings. The first-order valence-corrected chi connectivity index (χ1v) is 13.6. The molecule has 0 aliphatic carbocycles. The van der Waals surface area contributed by atoms with E-state index >= 15 is 0 Å². The van der Waals surface area contributed by atoms with Crippen molar-refractivity contribution in [2.75, 3.05) is 0 Å². The topological polar surface area (TPSA) is 132 Å². The Balaban J connectivity index is 1.65. The number of non-ortho nitro benzene ring substituents is 1. The van der Waals surface area contributed by atoms with Crippen LogP contribution < -0.4 is 4.83 Å². The van der Waals surface area contributed by atoms with E-state index < -0.39 is 14.9 Å². The minimum atomic E-state index is -3.91. The molecule has 4 rings (SSSR count). The molecular weight excluding hydrogens is 536 g/mol. The van der Waals surface area contributed by atoms with Crippen molar-refractivity contribution in [3.05, 3.63) is 93.0 Å². The number of benzene rings is 3. The molecule has 1 heterocycles. The lowest BCUT2D eigenvalue weighted by atomic mass is 10.2. The summed E-state index contributed by atoms with van der Waals surface area (Å²) in [6, 6.07) is 17.8. The normalized spacial score (nSPS) is 11.6. The van der Waals surface area contributed by atoms with Crippen LogP contribution in [0.25, 0.3) is 11.4 Å². The lowest BCUT2D eigenvalue weighted by molar-refractivity contribution is -0.384. The Morgan fingerprint density at radius 1 is 1.14 bits per heavy atom. The molecule has 1 aromatic heterocycles. The van der Waals surface area contributed by atoms with Crippen LogP contribution in [0.2, 0.25) is 5.02 Å². The molecule has 0 fully saturated rings. The molecule has 190 valence electrons. The first-order valence-electron chi connectivity index (χ1n) is 10.9. The average molecular weight is 557 g/mol. The zero-order valence-corrected chi connectivity index (χ0v) is 22.1. The number of aromatic nitrogens is 3. The van der Waals surface area contributed by atoms with Gasteiger partial charge in [0.15, 0.2) is 11.0 Å². The Labute approximate surface area is 222 Å². The maximum absolute atomic E-state index is 12.6. The van der Waals surface area contributed by atoms with Crippen molar-refractivity contribution in [1.29, 1.82) is 0 Å². The summed E-state index contributed by atoms with van der Waals surface area (Å²) in [6.45, 7) is 4.35. The molecular formula is C24H21ClN6O4S2. The summed E-state index contributed by atoms with van der Waals surface area (Å²) in [5.41, 5.74) is 1.88. The van der Waals surface area contributed by atoms with Gasteiger partial charge < -0.3 is 4.57 Å². The van der Waals surface area contributed by atoms with Gasteiger partial charge in [0.2, 0.25) is 0 Å². The molecule has 0 bridgehead atoms. The minimum Gasteiger partial charge on any atom is -0.302 e. The highest BCUT2D eigenvalue weighted by Crippen LogP contribution is 2.33. The van der Waals surface area contributed by atoms with E-state index in [9.17, 15) is 18.5 Å². The van der Waals surface area contributed by atoms with Gasteiger partial charge in [0, 0.05) is 39.7 Å². The zero-order valence-electron chi connectivity index (χ0n) is 19.7. The van der Waals surface area contributed by atoms with E-state index in [0.29, 0.717) is 33.0 Å². The van der Waals surface area contributed by atoms with Gasteiger partial charge in [0.05, 0.1) is 16.0 Å². The molecule has 0 unspecified atom stereocenters. The number of nitro groups is 1. The maximum Gasteiger partial charge on any atom is 0.276 e. The maximum atomic E-state index is 12.6. The van der Waals surface area contributed by atoms with Crippen LogP contribution in [0.15, 0.2) is 86.8 Å². The van der Waals surface area contributed by atoms with Crippen molar-refractivity contribution in [2.24, 2.45) is 5.10 Å². The third-order valence-electron chi connectivity index (χ3n) is 5.23. The molecule has 0 atom stereocenters. The van der Waals surface area contributed by atoms with Crippen LogP contribution in [0.5, 0.6) is 0 Å². The molecule has 0 aliphatic heterocycles. The van der Waals surface area contributed by atoms with Crippen molar-refractivity contribution in [1.82, 2.24) is 19.6 Å². The number of sulfonamides is 1. The van der Waals surface area contributed by atoms with E-state index in [1.807, 2.05) is 30.5 Å². The van der Waals surface area contributed by atoms with Gasteiger partial charge in [-0.3, -0.25) is 10.1 Å². The summed E-state index contributed by atoms with van der Waals surface area (Å²) in [5, 5.41) is 24.9. The van der Waals surface area contributed by atoms with Crippen LogP contribution in [0, 0.1) is 17.0 Å². The monoisotopic (exact) mass is 556 g/mol. The Bertz CT molecular complexity index is 1590. The van der Waals surface area contributed by atoms with Gasteiger partial charge in [0.1, 0.15) is 0 Å². The fourth-order valence-electron chi connectivity index (χ4n) is 3.37. The number of nitrogens with zero attached hydrogens (tertiary/aromatic N) is 5. The van der Waals surface area contributed by atoms with Gasteiger partial charge in [-0.1, -0.05) is 41.4 Å². The van der Waals surface area contributed by atoms with Gasteiger partial charge in [-0.25, -0.2) is 4.83 Å². The van der Waals surface area contributed by atoms with E-state index in [2.05, 4.69) is 20.1 Å². The fourth-order valence-corrected chi connectivity index (χ4v) is 5.32. The number of rotatable bonds is 9. The molecule has 37 heavy (non-hydrogen) atoms. The lowest BCUT2D eigenvalue weighted by Crippen LogP contribution is -2.18. The van der Waals surface area contributed by atoms with E-state index in [1.54, 1.807) is 30.3 Å². The Hall–Kier alpha value is -3.74. The Morgan fingerprint density at radius 2 is 1.89 bits per heavy atom. The highest BCUT2D eigenvalue weighted by Gasteiger charge is 2.18. The van der Waals surface area contributed by atoms with Crippen LogP contribution in [-0.2, 0) is 16.6 Å². The zero-order chi connectivity index (χ0) is 26.6. The van der Waals surface area contributed by atoms with E-state index in [-0.39, 0.29) is 10.6 Å². The molecule has 0 amide bonds. The SMILES string of the molecule is CCn1c(Sc2ccc([N+](=O)[O-])cc2/C=N\NS(=O)(=O)c2ccc(C)cc2)nnc1-c1cccc(Cl)c1. The highest BCUT2D eigenvalue weighted by atomic mass is 35.5. The first-order chi connectivity index (χ1) is 17.7. The van der Waals surface area contributed by atoms with Crippen molar-refractivity contribution in [3.63, 3.8) is 0 Å². The Kier molecular flexibility index (Phi) is 7.91. The third-order valence-corrected chi connectivity index (χ3v) is 7.78. The summed E-state index contributed by atoms with van der Waals surface area (Å²) in [4.78, 5) is 13.6. The predicted molar refractivity (Wildman–Crippen MR) is 142 cm³/mol. The smallest absolute Gasteiger partial charge is 0.276 e. The number of nitrogens with one attached hydrogen (secondary N) is 1. The number of nitro benzene ring substituents is 1. The molecule has 0 saturated carbocycles. The predicted octanol–water partition coefficient (Wildman–Crippen LogP) is 5.30. The van der Waals surface area contributed by atoms with E-state index in [0.717, 1.165) is 11.1 Å². The number of hydrazone groups is 1. The van der Waals surface area contributed by atoms with Crippen molar-refractivity contribution in [2.45, 2.75) is 35.3 Å². The van der Waals surface area contributed by atoms with Crippen LogP contribution >= 0.6 is 23.4 Å². The van der Waals surface area contributed by atoms with Gasteiger partial charge >= 0.3 is 0 Å². The van der Waals surface area contributed by atoms with Crippen LogP contribution in [0.3, 0.4) is 0 Å².